The molecule has 0 saturated heterocycles. The van der Waals surface area contributed by atoms with E-state index < -0.39 is 0 Å². The predicted octanol–water partition coefficient (Wildman–Crippen LogP) is 10.0. The molecular weight excluding hydrogens is 550 g/mol. The van der Waals surface area contributed by atoms with Crippen molar-refractivity contribution in [3.8, 4) is 28.7 Å². The van der Waals surface area contributed by atoms with Crippen LogP contribution in [-0.4, -0.2) is 24.1 Å². The molecule has 5 heteroatoms. The molecule has 0 aliphatic carbocycles. The van der Waals surface area contributed by atoms with Crippen molar-refractivity contribution >= 4 is 49.8 Å². The Labute approximate surface area is 260 Å². The topological polar surface area (TPSA) is 48.5 Å². The first kappa shape index (κ1) is 26.5. The molecule has 0 bridgehead atoms. The van der Waals surface area contributed by atoms with Gasteiger partial charge in [0, 0.05) is 38.9 Å². The van der Waals surface area contributed by atoms with Crippen LogP contribution in [0.25, 0.3) is 78.5 Å². The van der Waals surface area contributed by atoms with Crippen LogP contribution in [0.15, 0.2) is 152 Å². The standard InChI is InChI=1S/C40H29N5/c1-2-3-4-5-16-27-44-34-23-14-12-21-30(34)32-25-26-33-31-22-13-15-24-35(31)45(37(33)36(32)44)40-42-38(28-17-8-6-9-18-28)41-39(43-40)29-19-10-7-11-20-29/h2-27H,1H3/b3-2-,5-4-,27-16+. The first-order valence-corrected chi connectivity index (χ1v) is 15.1. The molecule has 0 saturated carbocycles. The maximum absolute atomic E-state index is 5.15. The maximum Gasteiger partial charge on any atom is 0.238 e. The van der Waals surface area contributed by atoms with E-state index in [4.69, 9.17) is 15.0 Å². The number of benzene rings is 5. The van der Waals surface area contributed by atoms with Crippen LogP contribution in [0.3, 0.4) is 0 Å². The van der Waals surface area contributed by atoms with Gasteiger partial charge in [-0.2, -0.15) is 9.97 Å². The van der Waals surface area contributed by atoms with Crippen molar-refractivity contribution in [2.24, 2.45) is 0 Å². The molecule has 0 amide bonds. The summed E-state index contributed by atoms with van der Waals surface area (Å²) in [4.78, 5) is 15.3. The highest BCUT2D eigenvalue weighted by Crippen LogP contribution is 2.40. The van der Waals surface area contributed by atoms with Crippen molar-refractivity contribution in [3.05, 3.63) is 152 Å². The van der Waals surface area contributed by atoms with Crippen LogP contribution in [0.4, 0.5) is 0 Å². The van der Waals surface area contributed by atoms with Crippen LogP contribution in [0, 0.1) is 0 Å². The third-order valence-corrected chi connectivity index (χ3v) is 8.15. The molecule has 0 unspecified atom stereocenters. The number of allylic oxidation sites excluding steroid dienone is 5. The van der Waals surface area contributed by atoms with Crippen LogP contribution in [-0.2, 0) is 0 Å². The molecule has 0 N–H and O–H groups in total. The maximum atomic E-state index is 5.15. The summed E-state index contributed by atoms with van der Waals surface area (Å²) >= 11 is 0. The lowest BCUT2D eigenvalue weighted by atomic mass is 10.1. The van der Waals surface area contributed by atoms with E-state index in [0.29, 0.717) is 17.6 Å². The van der Waals surface area contributed by atoms with Gasteiger partial charge in [0.05, 0.1) is 22.1 Å². The van der Waals surface area contributed by atoms with E-state index in [1.165, 1.54) is 10.8 Å². The van der Waals surface area contributed by atoms with Gasteiger partial charge in [0.1, 0.15) is 0 Å². The quantitative estimate of drug-likeness (QED) is 0.184. The molecule has 3 heterocycles. The molecule has 0 fully saturated rings. The lowest BCUT2D eigenvalue weighted by molar-refractivity contribution is 0.954. The zero-order chi connectivity index (χ0) is 30.2. The number of hydrogen-bond donors (Lipinski definition) is 0. The van der Waals surface area contributed by atoms with Crippen molar-refractivity contribution in [3.63, 3.8) is 0 Å². The number of rotatable bonds is 6. The van der Waals surface area contributed by atoms with Crippen LogP contribution >= 0.6 is 0 Å². The Kier molecular flexibility index (Phi) is 6.61. The second-order valence-corrected chi connectivity index (χ2v) is 10.9. The van der Waals surface area contributed by atoms with Crippen molar-refractivity contribution in [1.29, 1.82) is 0 Å². The van der Waals surface area contributed by atoms with Crippen LogP contribution in [0.2, 0.25) is 0 Å². The summed E-state index contributed by atoms with van der Waals surface area (Å²) in [5, 5.41) is 4.65. The number of fused-ring (bicyclic) bond motifs is 7. The number of aromatic nitrogens is 5. The monoisotopic (exact) mass is 579 g/mol. The van der Waals surface area contributed by atoms with Crippen molar-refractivity contribution < 1.29 is 0 Å². The molecule has 0 radical (unpaired) electrons. The number of para-hydroxylation sites is 2. The van der Waals surface area contributed by atoms with Gasteiger partial charge >= 0.3 is 0 Å². The highest BCUT2D eigenvalue weighted by atomic mass is 15.2. The second kappa shape index (κ2) is 11.2. The Morgan fingerprint density at radius 1 is 0.467 bits per heavy atom. The van der Waals surface area contributed by atoms with Crippen LogP contribution < -0.4 is 0 Å². The van der Waals surface area contributed by atoms with Gasteiger partial charge in [-0.25, -0.2) is 4.98 Å². The Hall–Kier alpha value is -6.07. The summed E-state index contributed by atoms with van der Waals surface area (Å²) in [5.74, 6) is 1.84. The number of nitrogens with zero attached hydrogens (tertiary/aromatic N) is 5. The van der Waals surface area contributed by atoms with E-state index in [-0.39, 0.29) is 0 Å². The third kappa shape index (κ3) is 4.53. The summed E-state index contributed by atoms with van der Waals surface area (Å²) in [6.45, 7) is 2.02. The number of hydrogen-bond acceptors (Lipinski definition) is 3. The van der Waals surface area contributed by atoms with Gasteiger partial charge in [0.2, 0.25) is 5.95 Å². The van der Waals surface area contributed by atoms with E-state index >= 15 is 0 Å². The molecule has 45 heavy (non-hydrogen) atoms. The molecule has 8 aromatic rings. The Morgan fingerprint density at radius 3 is 1.64 bits per heavy atom. The molecule has 0 atom stereocenters. The van der Waals surface area contributed by atoms with E-state index in [2.05, 4.69) is 88.1 Å². The highest BCUT2D eigenvalue weighted by molar-refractivity contribution is 6.23. The fourth-order valence-electron chi connectivity index (χ4n) is 6.17. The molecule has 0 aliphatic rings. The Bertz CT molecular complexity index is 2370. The van der Waals surface area contributed by atoms with Gasteiger partial charge < -0.3 is 4.57 Å². The minimum absolute atomic E-state index is 0.579. The van der Waals surface area contributed by atoms with Gasteiger partial charge in [-0.3, -0.25) is 4.57 Å². The lowest BCUT2D eigenvalue weighted by Gasteiger charge is -2.12. The van der Waals surface area contributed by atoms with E-state index in [9.17, 15) is 0 Å². The smallest absolute Gasteiger partial charge is 0.238 e. The first-order chi connectivity index (χ1) is 22.3. The molecule has 3 aromatic heterocycles. The fraction of sp³-hybridized carbons (Fsp3) is 0.0250. The summed E-state index contributed by atoms with van der Waals surface area (Å²) in [5.41, 5.74) is 6.21. The van der Waals surface area contributed by atoms with E-state index in [0.717, 1.165) is 44.0 Å². The summed E-state index contributed by atoms with van der Waals surface area (Å²) in [7, 11) is 0. The molecule has 0 aliphatic heterocycles. The fourth-order valence-corrected chi connectivity index (χ4v) is 6.17. The average Bonchev–Trinajstić information content (AvgIpc) is 3.61. The summed E-state index contributed by atoms with van der Waals surface area (Å²) in [6.07, 6.45) is 12.4. The lowest BCUT2D eigenvalue weighted by Crippen LogP contribution is -2.07. The van der Waals surface area contributed by atoms with Gasteiger partial charge in [-0.15, -0.1) is 0 Å². The second-order valence-electron chi connectivity index (χ2n) is 10.9. The molecule has 5 nitrogen and oxygen atoms in total. The molecular formula is C40H29N5. The minimum Gasteiger partial charge on any atom is -0.314 e. The van der Waals surface area contributed by atoms with Gasteiger partial charge in [0.25, 0.3) is 0 Å². The summed E-state index contributed by atoms with van der Waals surface area (Å²) in [6, 6.07) is 41.8. The SMILES string of the molecule is C\C=C/C=C\C=C\n1c2ccccc2c2ccc3c4ccccc4n(-c4nc(-c5ccccc5)nc(-c5ccccc5)n4)c3c21. The molecule has 5 aromatic carbocycles. The highest BCUT2D eigenvalue weighted by Gasteiger charge is 2.22. The third-order valence-electron chi connectivity index (χ3n) is 8.15. The van der Waals surface area contributed by atoms with Crippen molar-refractivity contribution in [2.45, 2.75) is 6.92 Å². The Balaban J connectivity index is 1.51. The average molecular weight is 580 g/mol. The van der Waals surface area contributed by atoms with Crippen LogP contribution in [0.1, 0.15) is 6.92 Å². The Morgan fingerprint density at radius 2 is 1.00 bits per heavy atom. The largest absolute Gasteiger partial charge is 0.314 e. The van der Waals surface area contributed by atoms with Gasteiger partial charge in [0.15, 0.2) is 11.6 Å². The minimum atomic E-state index is 0.579. The van der Waals surface area contributed by atoms with Crippen molar-refractivity contribution in [2.75, 3.05) is 0 Å². The van der Waals surface area contributed by atoms with Gasteiger partial charge in [-0.05, 0) is 25.1 Å². The summed E-state index contributed by atoms with van der Waals surface area (Å²) < 4.78 is 4.51. The normalized spacial score (nSPS) is 12.3. The van der Waals surface area contributed by atoms with E-state index in [1.807, 2.05) is 85.8 Å². The predicted molar refractivity (Wildman–Crippen MR) is 187 cm³/mol. The molecule has 8 rings (SSSR count). The van der Waals surface area contributed by atoms with E-state index in [1.54, 1.807) is 0 Å². The first-order valence-electron chi connectivity index (χ1n) is 15.1. The zero-order valence-electron chi connectivity index (χ0n) is 24.7. The molecule has 0 spiro atoms. The van der Waals surface area contributed by atoms with Crippen molar-refractivity contribution in [1.82, 2.24) is 24.1 Å². The molecule has 214 valence electrons. The van der Waals surface area contributed by atoms with Gasteiger partial charge in [-0.1, -0.05) is 133 Å². The van der Waals surface area contributed by atoms with Crippen LogP contribution in [0.5, 0.6) is 0 Å². The zero-order valence-corrected chi connectivity index (χ0v) is 24.7.